The van der Waals surface area contributed by atoms with E-state index in [0.29, 0.717) is 60.7 Å². The minimum atomic E-state index is -3.59. The second kappa shape index (κ2) is 10.5. The van der Waals surface area contributed by atoms with E-state index < -0.39 is 15.3 Å². The summed E-state index contributed by atoms with van der Waals surface area (Å²) in [6.07, 6.45) is 0. The second-order valence-corrected chi connectivity index (χ2v) is 11.2. The smallest absolute Gasteiger partial charge is 0.243 e. The highest BCUT2D eigenvalue weighted by Crippen LogP contribution is 2.34. The monoisotopic (exact) mass is 518 g/mol. The Morgan fingerprint density at radius 3 is 2.51 bits per heavy atom. The van der Waals surface area contributed by atoms with Crippen molar-refractivity contribution < 1.29 is 22.7 Å². The van der Waals surface area contributed by atoms with Crippen molar-refractivity contribution in [3.8, 4) is 11.5 Å². The molecule has 1 aromatic heterocycles. The van der Waals surface area contributed by atoms with Crippen molar-refractivity contribution >= 4 is 44.4 Å². The number of sulfonamides is 1. The average Bonchev–Trinajstić information content (AvgIpc) is 3.20. The molecule has 1 aliphatic rings. The summed E-state index contributed by atoms with van der Waals surface area (Å²) in [7, 11) is -3.59. The number of nitrogens with zero attached hydrogens (tertiary/aromatic N) is 3. The molecule has 1 N–H and O–H groups in total. The van der Waals surface area contributed by atoms with E-state index in [4.69, 9.17) is 9.47 Å². The zero-order valence-electron chi connectivity index (χ0n) is 20.3. The van der Waals surface area contributed by atoms with Gasteiger partial charge in [0.25, 0.3) is 0 Å². The van der Waals surface area contributed by atoms with Crippen molar-refractivity contribution in [1.29, 1.82) is 0 Å². The summed E-state index contributed by atoms with van der Waals surface area (Å²) in [6.45, 7) is 9.86. The van der Waals surface area contributed by atoms with E-state index in [2.05, 4.69) is 10.3 Å². The SMILES string of the molecule is CCN(CC)S(=O)(=O)c1ccc2c(c1)nc(SC(C)C(=O)Nc1ccc3c(c1)OCCO3)n2CC. The predicted molar refractivity (Wildman–Crippen MR) is 137 cm³/mol. The summed E-state index contributed by atoms with van der Waals surface area (Å²) < 4.78 is 40.4. The molecule has 1 unspecified atom stereocenters. The topological polar surface area (TPSA) is 103 Å². The van der Waals surface area contributed by atoms with Crippen molar-refractivity contribution in [2.24, 2.45) is 0 Å². The Balaban J connectivity index is 1.54. The fourth-order valence-corrected chi connectivity index (χ4v) is 6.40. The number of benzene rings is 2. The molecule has 0 fully saturated rings. The van der Waals surface area contributed by atoms with Crippen molar-refractivity contribution in [1.82, 2.24) is 13.9 Å². The van der Waals surface area contributed by atoms with Gasteiger partial charge in [0.1, 0.15) is 13.2 Å². The van der Waals surface area contributed by atoms with Crippen LogP contribution < -0.4 is 14.8 Å². The van der Waals surface area contributed by atoms with Crippen LogP contribution in [0, 0.1) is 0 Å². The van der Waals surface area contributed by atoms with Crippen LogP contribution in [-0.2, 0) is 21.4 Å². The van der Waals surface area contributed by atoms with E-state index in [1.165, 1.54) is 16.1 Å². The third-order valence-corrected chi connectivity index (χ3v) is 8.94. The van der Waals surface area contributed by atoms with E-state index in [0.717, 1.165) is 5.52 Å². The van der Waals surface area contributed by atoms with Gasteiger partial charge in [-0.3, -0.25) is 4.79 Å². The van der Waals surface area contributed by atoms with E-state index in [1.54, 1.807) is 36.4 Å². The first-order chi connectivity index (χ1) is 16.8. The first-order valence-electron chi connectivity index (χ1n) is 11.7. The third-order valence-electron chi connectivity index (χ3n) is 5.81. The van der Waals surface area contributed by atoms with Gasteiger partial charge in [-0.05, 0) is 44.2 Å². The Kier molecular flexibility index (Phi) is 7.58. The van der Waals surface area contributed by atoms with Gasteiger partial charge in [0.05, 0.1) is 21.2 Å². The highest BCUT2D eigenvalue weighted by Gasteiger charge is 2.24. The molecule has 0 saturated carbocycles. The van der Waals surface area contributed by atoms with Crippen LogP contribution in [0.1, 0.15) is 27.7 Å². The number of carbonyl (C=O) groups excluding carboxylic acids is 1. The summed E-state index contributed by atoms with van der Waals surface area (Å²) in [5.41, 5.74) is 2.04. The molecule has 0 aliphatic carbocycles. The number of imidazole rings is 1. The number of aryl methyl sites for hydroxylation is 1. The third kappa shape index (κ3) is 5.12. The van der Waals surface area contributed by atoms with Gasteiger partial charge in [0, 0.05) is 31.4 Å². The van der Waals surface area contributed by atoms with Crippen molar-refractivity contribution in [2.45, 2.75) is 49.5 Å². The number of anilines is 1. The predicted octanol–water partition coefficient (Wildman–Crippen LogP) is 3.98. The van der Waals surface area contributed by atoms with Gasteiger partial charge in [-0.2, -0.15) is 4.31 Å². The maximum absolute atomic E-state index is 12.9. The molecule has 11 heteroatoms. The number of aromatic nitrogens is 2. The number of fused-ring (bicyclic) bond motifs is 2. The summed E-state index contributed by atoms with van der Waals surface area (Å²) in [4.78, 5) is 17.8. The van der Waals surface area contributed by atoms with E-state index in [-0.39, 0.29) is 10.8 Å². The molecular formula is C24H30N4O5S2. The zero-order chi connectivity index (χ0) is 25.2. The molecule has 1 amide bonds. The maximum atomic E-state index is 12.9. The molecular weight excluding hydrogens is 488 g/mol. The Morgan fingerprint density at radius 2 is 1.83 bits per heavy atom. The van der Waals surface area contributed by atoms with Crippen LogP contribution in [0.2, 0.25) is 0 Å². The van der Waals surface area contributed by atoms with Crippen molar-refractivity contribution in [2.75, 3.05) is 31.6 Å². The highest BCUT2D eigenvalue weighted by atomic mass is 32.2. The Bertz CT molecular complexity index is 1340. The van der Waals surface area contributed by atoms with Crippen LogP contribution in [0.5, 0.6) is 11.5 Å². The lowest BCUT2D eigenvalue weighted by atomic mass is 10.2. The van der Waals surface area contributed by atoms with E-state index >= 15 is 0 Å². The van der Waals surface area contributed by atoms with Crippen molar-refractivity contribution in [3.63, 3.8) is 0 Å². The quantitative estimate of drug-likeness (QED) is 0.428. The normalized spacial score (nSPS) is 14.3. The van der Waals surface area contributed by atoms with Crippen LogP contribution in [0.3, 0.4) is 0 Å². The number of amides is 1. The standard InChI is InChI=1S/C24H30N4O5S2/c1-5-27(6-2)35(30,31)18-9-10-20-19(15-18)26-24(28(20)7-3)34-16(4)23(29)25-17-8-11-21-22(14-17)33-13-12-32-21/h8-11,14-16H,5-7,12-13H2,1-4H3,(H,25,29). The molecule has 1 aliphatic heterocycles. The van der Waals surface area contributed by atoms with Gasteiger partial charge in [-0.1, -0.05) is 25.6 Å². The first-order valence-corrected chi connectivity index (χ1v) is 14.0. The lowest BCUT2D eigenvalue weighted by Crippen LogP contribution is -2.30. The zero-order valence-corrected chi connectivity index (χ0v) is 21.9. The molecule has 0 saturated heterocycles. The number of thioether (sulfide) groups is 1. The summed E-state index contributed by atoms with van der Waals surface area (Å²) in [5, 5.41) is 3.14. The fraction of sp³-hybridized carbons (Fsp3) is 0.417. The molecule has 1 atom stereocenters. The van der Waals surface area contributed by atoms with E-state index in [9.17, 15) is 13.2 Å². The Hall–Kier alpha value is -2.76. The number of rotatable bonds is 9. The van der Waals surface area contributed by atoms with E-state index in [1.807, 2.05) is 32.3 Å². The van der Waals surface area contributed by atoms with Crippen LogP contribution in [-0.4, -0.2) is 59.7 Å². The minimum absolute atomic E-state index is 0.175. The maximum Gasteiger partial charge on any atom is 0.243 e. The van der Waals surface area contributed by atoms with Crippen molar-refractivity contribution in [3.05, 3.63) is 36.4 Å². The van der Waals surface area contributed by atoms with Gasteiger partial charge in [0.15, 0.2) is 16.7 Å². The van der Waals surface area contributed by atoms with Crippen LogP contribution in [0.4, 0.5) is 5.69 Å². The number of carbonyl (C=O) groups is 1. The fourth-order valence-electron chi connectivity index (χ4n) is 3.93. The average molecular weight is 519 g/mol. The first kappa shape index (κ1) is 25.3. The van der Waals surface area contributed by atoms with Crippen LogP contribution >= 0.6 is 11.8 Å². The van der Waals surface area contributed by atoms with Crippen LogP contribution in [0.15, 0.2) is 46.5 Å². The number of hydrogen-bond acceptors (Lipinski definition) is 7. The summed E-state index contributed by atoms with van der Waals surface area (Å²) in [6, 6.07) is 10.3. The lowest BCUT2D eigenvalue weighted by molar-refractivity contribution is -0.115. The van der Waals surface area contributed by atoms with Crippen LogP contribution in [0.25, 0.3) is 11.0 Å². The molecule has 0 spiro atoms. The Labute approximate surface area is 209 Å². The largest absolute Gasteiger partial charge is 0.486 e. The molecule has 2 heterocycles. The molecule has 2 aromatic carbocycles. The van der Waals surface area contributed by atoms with Gasteiger partial charge < -0.3 is 19.4 Å². The summed E-state index contributed by atoms with van der Waals surface area (Å²) in [5.74, 6) is 1.10. The van der Waals surface area contributed by atoms with Gasteiger partial charge in [-0.25, -0.2) is 13.4 Å². The molecule has 0 radical (unpaired) electrons. The Morgan fingerprint density at radius 1 is 1.11 bits per heavy atom. The number of ether oxygens (including phenoxy) is 2. The molecule has 0 bridgehead atoms. The molecule has 9 nitrogen and oxygen atoms in total. The number of nitrogens with one attached hydrogen (secondary N) is 1. The molecule has 4 rings (SSSR count). The van der Waals surface area contributed by atoms with Gasteiger partial charge in [-0.15, -0.1) is 0 Å². The second-order valence-electron chi connectivity index (χ2n) is 7.99. The molecule has 188 valence electrons. The highest BCUT2D eigenvalue weighted by molar-refractivity contribution is 8.00. The lowest BCUT2D eigenvalue weighted by Gasteiger charge is -2.19. The van der Waals surface area contributed by atoms with Gasteiger partial charge in [0.2, 0.25) is 15.9 Å². The van der Waals surface area contributed by atoms with Gasteiger partial charge >= 0.3 is 0 Å². The number of hydrogen-bond donors (Lipinski definition) is 1. The molecule has 3 aromatic rings. The molecule has 35 heavy (non-hydrogen) atoms. The summed E-state index contributed by atoms with van der Waals surface area (Å²) >= 11 is 1.33. The minimum Gasteiger partial charge on any atom is -0.486 e.